The summed E-state index contributed by atoms with van der Waals surface area (Å²) in [7, 11) is 0. The number of nitrogens with one attached hydrogen (secondary N) is 1. The van der Waals surface area contributed by atoms with Crippen LogP contribution in [0.5, 0.6) is 0 Å². The normalized spacial score (nSPS) is 20.8. The van der Waals surface area contributed by atoms with Crippen LogP contribution in [-0.4, -0.2) is 31.1 Å². The molecule has 0 bridgehead atoms. The summed E-state index contributed by atoms with van der Waals surface area (Å²) >= 11 is 0. The van der Waals surface area contributed by atoms with Crippen LogP contribution in [0.2, 0.25) is 0 Å². The first-order valence-corrected chi connectivity index (χ1v) is 8.74. The lowest BCUT2D eigenvalue weighted by molar-refractivity contribution is 0.315. The van der Waals surface area contributed by atoms with Gasteiger partial charge < -0.3 is 5.32 Å². The summed E-state index contributed by atoms with van der Waals surface area (Å²) in [6, 6.07) is 9.29. The largest absolute Gasteiger partial charge is 0.316 e. The van der Waals surface area contributed by atoms with Gasteiger partial charge in [-0.25, -0.2) is 0 Å². The van der Waals surface area contributed by atoms with E-state index in [1.807, 2.05) is 0 Å². The molecule has 1 saturated heterocycles. The van der Waals surface area contributed by atoms with Crippen LogP contribution < -0.4 is 5.32 Å². The number of nitrogens with zero attached hydrogens (tertiary/aromatic N) is 1. The molecule has 1 heterocycles. The van der Waals surface area contributed by atoms with E-state index in [4.69, 9.17) is 0 Å². The quantitative estimate of drug-likeness (QED) is 0.727. The van der Waals surface area contributed by atoms with Crippen molar-refractivity contribution in [3.05, 3.63) is 35.4 Å². The van der Waals surface area contributed by atoms with Crippen molar-refractivity contribution in [2.75, 3.05) is 26.2 Å². The zero-order chi connectivity index (χ0) is 15.1. The molecule has 1 aromatic carbocycles. The van der Waals surface area contributed by atoms with Crippen molar-refractivity contribution in [3.8, 4) is 0 Å². The molecule has 1 fully saturated rings. The van der Waals surface area contributed by atoms with Crippen molar-refractivity contribution in [1.82, 2.24) is 10.2 Å². The summed E-state index contributed by atoms with van der Waals surface area (Å²) in [5.74, 6) is 1.52. The van der Waals surface area contributed by atoms with Gasteiger partial charge in [-0.05, 0) is 48.9 Å². The third-order valence-electron chi connectivity index (χ3n) is 4.78. The van der Waals surface area contributed by atoms with Crippen molar-refractivity contribution in [2.24, 2.45) is 5.92 Å². The first-order valence-electron chi connectivity index (χ1n) is 8.74. The SMILES string of the molecule is CCCNCC(C)c1ccc(CN2CCC(CC)C2)cc1. The summed E-state index contributed by atoms with van der Waals surface area (Å²) in [6.07, 6.45) is 3.92. The van der Waals surface area contributed by atoms with Crippen LogP contribution in [0.15, 0.2) is 24.3 Å². The molecule has 2 rings (SSSR count). The molecular weight excluding hydrogens is 256 g/mol. The van der Waals surface area contributed by atoms with Crippen LogP contribution in [0.25, 0.3) is 0 Å². The lowest BCUT2D eigenvalue weighted by atomic mass is 9.99. The number of rotatable bonds is 8. The molecule has 0 aromatic heterocycles. The van der Waals surface area contributed by atoms with Gasteiger partial charge in [0.15, 0.2) is 0 Å². The highest BCUT2D eigenvalue weighted by Gasteiger charge is 2.20. The van der Waals surface area contributed by atoms with Gasteiger partial charge >= 0.3 is 0 Å². The van der Waals surface area contributed by atoms with E-state index in [1.165, 1.54) is 43.5 Å². The van der Waals surface area contributed by atoms with E-state index in [0.717, 1.165) is 25.6 Å². The van der Waals surface area contributed by atoms with Gasteiger partial charge in [-0.2, -0.15) is 0 Å². The van der Waals surface area contributed by atoms with E-state index < -0.39 is 0 Å². The lowest BCUT2D eigenvalue weighted by Crippen LogP contribution is -2.21. The Balaban J connectivity index is 1.81. The number of hydrogen-bond donors (Lipinski definition) is 1. The predicted molar refractivity (Wildman–Crippen MR) is 91.7 cm³/mol. The molecule has 1 aliphatic rings. The third-order valence-corrected chi connectivity index (χ3v) is 4.78. The summed E-state index contributed by atoms with van der Waals surface area (Å²) in [5, 5.41) is 3.51. The Kier molecular flexibility index (Phi) is 6.72. The fourth-order valence-electron chi connectivity index (χ4n) is 3.21. The molecule has 2 atom stereocenters. The van der Waals surface area contributed by atoms with E-state index >= 15 is 0 Å². The van der Waals surface area contributed by atoms with Crippen LogP contribution in [-0.2, 0) is 6.54 Å². The van der Waals surface area contributed by atoms with Gasteiger partial charge in [0.05, 0.1) is 0 Å². The fourth-order valence-corrected chi connectivity index (χ4v) is 3.21. The Bertz CT molecular complexity index is 399. The third kappa shape index (κ3) is 5.12. The highest BCUT2D eigenvalue weighted by Crippen LogP contribution is 2.22. The van der Waals surface area contributed by atoms with Crippen LogP contribution >= 0.6 is 0 Å². The minimum atomic E-state index is 0.599. The van der Waals surface area contributed by atoms with Crippen LogP contribution in [0.4, 0.5) is 0 Å². The average molecular weight is 288 g/mol. The molecule has 118 valence electrons. The molecule has 2 unspecified atom stereocenters. The van der Waals surface area contributed by atoms with Gasteiger partial charge in [0.25, 0.3) is 0 Å². The zero-order valence-corrected chi connectivity index (χ0v) is 14.1. The number of likely N-dealkylation sites (tertiary alicyclic amines) is 1. The second-order valence-corrected chi connectivity index (χ2v) is 6.64. The molecule has 0 aliphatic carbocycles. The summed E-state index contributed by atoms with van der Waals surface area (Å²) in [5.41, 5.74) is 2.92. The summed E-state index contributed by atoms with van der Waals surface area (Å²) in [4.78, 5) is 2.61. The van der Waals surface area contributed by atoms with E-state index in [2.05, 4.69) is 55.3 Å². The topological polar surface area (TPSA) is 15.3 Å². The molecule has 0 amide bonds. The van der Waals surface area contributed by atoms with Crippen LogP contribution in [0.3, 0.4) is 0 Å². The van der Waals surface area contributed by atoms with E-state index in [-0.39, 0.29) is 0 Å². The highest BCUT2D eigenvalue weighted by molar-refractivity contribution is 5.25. The first kappa shape index (κ1) is 16.5. The molecule has 0 radical (unpaired) electrons. The smallest absolute Gasteiger partial charge is 0.0233 e. The van der Waals surface area contributed by atoms with Crippen molar-refractivity contribution in [1.29, 1.82) is 0 Å². The van der Waals surface area contributed by atoms with Crippen LogP contribution in [0, 0.1) is 5.92 Å². The molecule has 1 aromatic rings. The molecule has 1 aliphatic heterocycles. The Labute approximate surface area is 130 Å². The fraction of sp³-hybridized carbons (Fsp3) is 0.684. The first-order chi connectivity index (χ1) is 10.2. The molecule has 0 saturated carbocycles. The van der Waals surface area contributed by atoms with Gasteiger partial charge in [-0.15, -0.1) is 0 Å². The molecule has 1 N–H and O–H groups in total. The minimum Gasteiger partial charge on any atom is -0.316 e. The van der Waals surface area contributed by atoms with Crippen molar-refractivity contribution < 1.29 is 0 Å². The van der Waals surface area contributed by atoms with Gasteiger partial charge in [-0.3, -0.25) is 4.90 Å². The monoisotopic (exact) mass is 288 g/mol. The van der Waals surface area contributed by atoms with Crippen molar-refractivity contribution >= 4 is 0 Å². The van der Waals surface area contributed by atoms with E-state index in [9.17, 15) is 0 Å². The second-order valence-electron chi connectivity index (χ2n) is 6.64. The van der Waals surface area contributed by atoms with Gasteiger partial charge in [0, 0.05) is 19.6 Å². The molecule has 21 heavy (non-hydrogen) atoms. The molecule has 2 heteroatoms. The molecule has 0 spiro atoms. The lowest BCUT2D eigenvalue weighted by Gasteiger charge is -2.17. The molecule has 2 nitrogen and oxygen atoms in total. The summed E-state index contributed by atoms with van der Waals surface area (Å²) in [6.45, 7) is 12.7. The highest BCUT2D eigenvalue weighted by atomic mass is 15.1. The Morgan fingerprint density at radius 3 is 2.62 bits per heavy atom. The van der Waals surface area contributed by atoms with Crippen molar-refractivity contribution in [2.45, 2.75) is 52.5 Å². The Morgan fingerprint density at radius 2 is 2.00 bits per heavy atom. The predicted octanol–water partition coefficient (Wildman–Crippen LogP) is 4.02. The van der Waals surface area contributed by atoms with Crippen LogP contribution in [0.1, 0.15) is 57.1 Å². The average Bonchev–Trinajstić information content (AvgIpc) is 2.96. The number of benzene rings is 1. The summed E-state index contributed by atoms with van der Waals surface area (Å²) < 4.78 is 0. The maximum absolute atomic E-state index is 3.51. The minimum absolute atomic E-state index is 0.599. The maximum atomic E-state index is 3.51. The van der Waals surface area contributed by atoms with E-state index in [1.54, 1.807) is 0 Å². The van der Waals surface area contributed by atoms with Gasteiger partial charge in [-0.1, -0.05) is 51.5 Å². The Morgan fingerprint density at radius 1 is 1.24 bits per heavy atom. The Hall–Kier alpha value is -0.860. The maximum Gasteiger partial charge on any atom is 0.0233 e. The standard InChI is InChI=1S/C19H32N2/c1-4-11-20-13-16(3)19-8-6-18(7-9-19)15-21-12-10-17(5-2)14-21/h6-9,16-17,20H,4-5,10-15H2,1-3H3. The number of hydrogen-bond acceptors (Lipinski definition) is 2. The van der Waals surface area contributed by atoms with Gasteiger partial charge in [0.1, 0.15) is 0 Å². The molecular formula is C19H32N2. The van der Waals surface area contributed by atoms with Crippen molar-refractivity contribution in [3.63, 3.8) is 0 Å². The zero-order valence-electron chi connectivity index (χ0n) is 14.1. The van der Waals surface area contributed by atoms with Gasteiger partial charge in [0.2, 0.25) is 0 Å². The second kappa shape index (κ2) is 8.55. The van der Waals surface area contributed by atoms with E-state index in [0.29, 0.717) is 5.92 Å².